The molecule has 0 bridgehead atoms. The molecule has 3 aromatic rings. The number of anilines is 1. The predicted octanol–water partition coefficient (Wildman–Crippen LogP) is 5.45. The maximum Gasteiger partial charge on any atom is 0.257 e. The molecule has 172 valence electrons. The van der Waals surface area contributed by atoms with Crippen molar-refractivity contribution in [1.82, 2.24) is 5.32 Å². The van der Waals surface area contributed by atoms with E-state index in [1.807, 2.05) is 60.7 Å². The molecule has 0 aliphatic rings. The Kier molecular flexibility index (Phi) is 9.54. The van der Waals surface area contributed by atoms with Gasteiger partial charge in [0.05, 0.1) is 6.61 Å². The Balaban J connectivity index is 1.41. The van der Waals surface area contributed by atoms with Gasteiger partial charge in [0.25, 0.3) is 5.91 Å². The van der Waals surface area contributed by atoms with Crippen molar-refractivity contribution in [2.45, 2.75) is 19.8 Å². The van der Waals surface area contributed by atoms with Crippen LogP contribution in [0.1, 0.15) is 30.1 Å². The third-order valence-corrected chi connectivity index (χ3v) is 4.77. The van der Waals surface area contributed by atoms with Gasteiger partial charge in [-0.3, -0.25) is 10.1 Å². The van der Waals surface area contributed by atoms with Crippen molar-refractivity contribution in [3.05, 3.63) is 84.4 Å². The molecule has 6 nitrogen and oxygen atoms in total. The van der Waals surface area contributed by atoms with Crippen molar-refractivity contribution >= 4 is 28.9 Å². The van der Waals surface area contributed by atoms with Crippen molar-refractivity contribution < 1.29 is 19.0 Å². The van der Waals surface area contributed by atoms with Crippen LogP contribution in [0.3, 0.4) is 0 Å². The third kappa shape index (κ3) is 8.46. The van der Waals surface area contributed by atoms with Gasteiger partial charge in [0.15, 0.2) is 5.11 Å². The number of hydrogen-bond donors (Lipinski definition) is 2. The van der Waals surface area contributed by atoms with Gasteiger partial charge in [-0.15, -0.1) is 0 Å². The van der Waals surface area contributed by atoms with Crippen molar-refractivity contribution in [2.24, 2.45) is 0 Å². The van der Waals surface area contributed by atoms with Gasteiger partial charge in [0.2, 0.25) is 0 Å². The first-order valence-corrected chi connectivity index (χ1v) is 11.3. The molecule has 0 aliphatic heterocycles. The van der Waals surface area contributed by atoms with Crippen molar-refractivity contribution in [3.8, 4) is 17.2 Å². The number of carbonyl (C=O) groups excluding carboxylic acids is 1. The van der Waals surface area contributed by atoms with Crippen LogP contribution in [0.2, 0.25) is 0 Å². The molecule has 2 N–H and O–H groups in total. The van der Waals surface area contributed by atoms with Crippen molar-refractivity contribution in [3.63, 3.8) is 0 Å². The maximum atomic E-state index is 12.5. The van der Waals surface area contributed by atoms with Gasteiger partial charge >= 0.3 is 0 Å². The van der Waals surface area contributed by atoms with Crippen LogP contribution >= 0.6 is 12.2 Å². The molecule has 0 aromatic heterocycles. The SMILES string of the molecule is CCCCOc1cccc(C(=O)NC(=S)Nc2ccc(OCCOc3ccccc3)cc2)c1. The minimum absolute atomic E-state index is 0.210. The number of rotatable bonds is 11. The largest absolute Gasteiger partial charge is 0.494 e. The number of nitrogens with one attached hydrogen (secondary N) is 2. The summed E-state index contributed by atoms with van der Waals surface area (Å²) in [6, 6.07) is 24.0. The Bertz CT molecular complexity index is 1030. The first-order valence-electron chi connectivity index (χ1n) is 10.9. The topological polar surface area (TPSA) is 68.8 Å². The summed E-state index contributed by atoms with van der Waals surface area (Å²) in [6.45, 7) is 3.60. The Hall–Kier alpha value is -3.58. The lowest BCUT2D eigenvalue weighted by Gasteiger charge is -2.12. The summed E-state index contributed by atoms with van der Waals surface area (Å²) >= 11 is 5.27. The van der Waals surface area contributed by atoms with E-state index in [-0.39, 0.29) is 11.0 Å². The van der Waals surface area contributed by atoms with Crippen molar-refractivity contribution in [1.29, 1.82) is 0 Å². The van der Waals surface area contributed by atoms with Crippen LogP contribution in [-0.4, -0.2) is 30.8 Å². The van der Waals surface area contributed by atoms with E-state index >= 15 is 0 Å². The minimum Gasteiger partial charge on any atom is -0.494 e. The highest BCUT2D eigenvalue weighted by Crippen LogP contribution is 2.17. The lowest BCUT2D eigenvalue weighted by atomic mass is 10.2. The zero-order valence-corrected chi connectivity index (χ0v) is 19.4. The zero-order valence-electron chi connectivity index (χ0n) is 18.6. The van der Waals surface area contributed by atoms with Crippen molar-refractivity contribution in [2.75, 3.05) is 25.1 Å². The van der Waals surface area contributed by atoms with Gasteiger partial charge in [-0.1, -0.05) is 37.6 Å². The van der Waals surface area contributed by atoms with Gasteiger partial charge in [0.1, 0.15) is 30.5 Å². The van der Waals surface area contributed by atoms with Crippen LogP contribution in [0.25, 0.3) is 0 Å². The third-order valence-electron chi connectivity index (χ3n) is 4.57. The quantitative estimate of drug-likeness (QED) is 0.291. The lowest BCUT2D eigenvalue weighted by Crippen LogP contribution is -2.34. The molecule has 0 heterocycles. The van der Waals surface area contributed by atoms with Gasteiger partial charge in [-0.05, 0) is 73.2 Å². The molecule has 0 atom stereocenters. The molecule has 7 heteroatoms. The van der Waals surface area contributed by atoms with Gasteiger partial charge in [-0.2, -0.15) is 0 Å². The molecule has 1 amide bonds. The summed E-state index contributed by atoms with van der Waals surface area (Å²) in [7, 11) is 0. The fourth-order valence-corrected chi connectivity index (χ4v) is 3.08. The highest BCUT2D eigenvalue weighted by Gasteiger charge is 2.09. The summed E-state index contributed by atoms with van der Waals surface area (Å²) in [5.74, 6) is 1.89. The second-order valence-corrected chi connectivity index (χ2v) is 7.58. The molecule has 0 saturated carbocycles. The van der Waals surface area contributed by atoms with E-state index in [9.17, 15) is 4.79 Å². The number of benzene rings is 3. The summed E-state index contributed by atoms with van der Waals surface area (Å²) < 4.78 is 17.0. The van der Waals surface area contributed by atoms with Gasteiger partial charge in [0, 0.05) is 11.3 Å². The molecule has 0 aliphatic carbocycles. The van der Waals surface area contributed by atoms with Gasteiger partial charge in [-0.25, -0.2) is 0 Å². The molecule has 3 aromatic carbocycles. The van der Waals surface area contributed by atoms with Crippen LogP contribution < -0.4 is 24.8 Å². The summed E-state index contributed by atoms with van der Waals surface area (Å²) in [5.41, 5.74) is 1.22. The number of ether oxygens (including phenoxy) is 3. The highest BCUT2D eigenvalue weighted by molar-refractivity contribution is 7.80. The van der Waals surface area contributed by atoms with E-state index in [0.717, 1.165) is 24.3 Å². The highest BCUT2D eigenvalue weighted by atomic mass is 32.1. The van der Waals surface area contributed by atoms with E-state index < -0.39 is 0 Å². The average molecular weight is 465 g/mol. The van der Waals surface area contributed by atoms with E-state index in [2.05, 4.69) is 17.6 Å². The van der Waals surface area contributed by atoms with Gasteiger partial charge < -0.3 is 19.5 Å². The molecule has 0 spiro atoms. The number of carbonyl (C=O) groups is 1. The summed E-state index contributed by atoms with van der Waals surface area (Å²) in [5, 5.41) is 5.90. The minimum atomic E-state index is -0.299. The maximum absolute atomic E-state index is 12.5. The number of amides is 1. The molecule has 3 rings (SSSR count). The van der Waals surface area contributed by atoms with E-state index in [1.54, 1.807) is 18.2 Å². The number of hydrogen-bond acceptors (Lipinski definition) is 5. The Labute approximate surface area is 199 Å². The van der Waals surface area contributed by atoms with Crippen LogP contribution in [0.15, 0.2) is 78.9 Å². The summed E-state index contributed by atoms with van der Waals surface area (Å²) in [4.78, 5) is 12.5. The van der Waals surface area contributed by atoms with E-state index in [4.69, 9.17) is 26.4 Å². The first kappa shape index (κ1) is 24.1. The zero-order chi connectivity index (χ0) is 23.3. The molecule has 0 saturated heterocycles. The van der Waals surface area contributed by atoms with E-state index in [1.165, 1.54) is 0 Å². The number of thiocarbonyl (C=S) groups is 1. The second-order valence-electron chi connectivity index (χ2n) is 7.17. The fraction of sp³-hybridized carbons (Fsp3) is 0.231. The predicted molar refractivity (Wildman–Crippen MR) is 134 cm³/mol. The summed E-state index contributed by atoms with van der Waals surface area (Å²) in [6.07, 6.45) is 2.02. The molecular weight excluding hydrogens is 436 g/mol. The molecular formula is C26H28N2O4S. The number of para-hydroxylation sites is 1. The van der Waals surface area contributed by atoms with Crippen LogP contribution in [-0.2, 0) is 0 Å². The smallest absolute Gasteiger partial charge is 0.257 e. The number of unbranched alkanes of at least 4 members (excludes halogenated alkanes) is 1. The van der Waals surface area contributed by atoms with E-state index in [0.29, 0.717) is 36.9 Å². The Morgan fingerprint density at radius 2 is 1.42 bits per heavy atom. The Morgan fingerprint density at radius 1 is 0.788 bits per heavy atom. The monoisotopic (exact) mass is 464 g/mol. The fourth-order valence-electron chi connectivity index (χ4n) is 2.87. The molecule has 0 unspecified atom stereocenters. The van der Waals surface area contributed by atoms with Crippen LogP contribution in [0.4, 0.5) is 5.69 Å². The average Bonchev–Trinajstić information content (AvgIpc) is 2.84. The normalized spacial score (nSPS) is 10.2. The van der Waals surface area contributed by atoms with Crippen LogP contribution in [0, 0.1) is 0 Å². The standard InChI is InChI=1S/C26H28N2O4S/c1-2-3-16-30-24-11-7-8-20(19-24)25(29)28-26(33)27-21-12-14-23(15-13-21)32-18-17-31-22-9-5-4-6-10-22/h4-15,19H,2-3,16-18H2,1H3,(H2,27,28,29,33). The molecule has 33 heavy (non-hydrogen) atoms. The van der Waals surface area contributed by atoms with Crippen LogP contribution in [0.5, 0.6) is 17.2 Å². The second kappa shape index (κ2) is 13.1. The first-order chi connectivity index (χ1) is 16.1. The molecule has 0 radical (unpaired) electrons. The molecule has 0 fully saturated rings. The Morgan fingerprint density at radius 3 is 2.12 bits per heavy atom. The lowest BCUT2D eigenvalue weighted by molar-refractivity contribution is 0.0977.